The van der Waals surface area contributed by atoms with E-state index in [0.717, 1.165) is 47.8 Å². The van der Waals surface area contributed by atoms with Gasteiger partial charge in [-0.3, -0.25) is 0 Å². The number of aromatic carboxylic acids is 1. The summed E-state index contributed by atoms with van der Waals surface area (Å²) >= 11 is 5.99. The minimum atomic E-state index is -4.67. The number of hydrogen-bond acceptors (Lipinski definition) is 4. The van der Waals surface area contributed by atoms with E-state index in [1.165, 1.54) is 0 Å². The van der Waals surface area contributed by atoms with Crippen molar-refractivity contribution in [3.8, 4) is 0 Å². The molecule has 0 saturated heterocycles. The van der Waals surface area contributed by atoms with Crippen LogP contribution in [-0.4, -0.2) is 31.0 Å². The second-order valence-corrected chi connectivity index (χ2v) is 8.96. The van der Waals surface area contributed by atoms with Crippen LogP contribution in [0.15, 0.2) is 41.4 Å². The number of sulfonamides is 1. The highest BCUT2D eigenvalue weighted by atomic mass is 35.5. The standard InChI is InChI=1S/C18H16ClF3N2O4S/c19-15-8-13(18(20,21)22)9-23-16(15)24(10-11-2-1-3-11)29(27,28)14-6-4-12(5-7-14)17(25)26/h4-9,11H,1-3,10H2,(H,25,26). The number of carbonyl (C=O) groups is 1. The molecule has 1 aromatic heterocycles. The smallest absolute Gasteiger partial charge is 0.417 e. The van der Waals surface area contributed by atoms with E-state index in [-0.39, 0.29) is 28.7 Å². The number of alkyl halides is 3. The molecule has 0 bridgehead atoms. The molecule has 0 radical (unpaired) electrons. The molecule has 0 amide bonds. The lowest BCUT2D eigenvalue weighted by molar-refractivity contribution is -0.137. The molecule has 0 atom stereocenters. The number of carboxylic acids is 1. The molecule has 0 unspecified atom stereocenters. The van der Waals surface area contributed by atoms with Gasteiger partial charge in [-0.1, -0.05) is 18.0 Å². The molecule has 11 heteroatoms. The van der Waals surface area contributed by atoms with Crippen molar-refractivity contribution in [2.24, 2.45) is 5.92 Å². The van der Waals surface area contributed by atoms with Crippen LogP contribution in [0.4, 0.5) is 19.0 Å². The molecular weight excluding hydrogens is 433 g/mol. The highest BCUT2D eigenvalue weighted by molar-refractivity contribution is 7.92. The third-order valence-corrected chi connectivity index (χ3v) is 6.77. The Bertz CT molecular complexity index is 1020. The summed E-state index contributed by atoms with van der Waals surface area (Å²) < 4.78 is 66.0. The van der Waals surface area contributed by atoms with Gasteiger partial charge in [-0.2, -0.15) is 13.2 Å². The lowest BCUT2D eigenvalue weighted by Crippen LogP contribution is -2.38. The Hall–Kier alpha value is -2.33. The number of carboxylic acid groups (broad SMARTS) is 1. The van der Waals surface area contributed by atoms with Crippen LogP contribution < -0.4 is 4.31 Å². The molecule has 1 aromatic carbocycles. The van der Waals surface area contributed by atoms with Crippen molar-refractivity contribution in [1.29, 1.82) is 0 Å². The molecule has 1 heterocycles. The van der Waals surface area contributed by atoms with Crippen molar-refractivity contribution in [1.82, 2.24) is 4.98 Å². The average molecular weight is 449 g/mol. The van der Waals surface area contributed by atoms with E-state index in [4.69, 9.17) is 16.7 Å². The highest BCUT2D eigenvalue weighted by Gasteiger charge is 2.35. The van der Waals surface area contributed by atoms with Crippen LogP contribution in [0, 0.1) is 5.92 Å². The second kappa shape index (κ2) is 7.83. The summed E-state index contributed by atoms with van der Waals surface area (Å²) in [4.78, 5) is 14.5. The Balaban J connectivity index is 2.04. The Labute approximate surface area is 170 Å². The molecule has 29 heavy (non-hydrogen) atoms. The number of anilines is 1. The summed E-state index contributed by atoms with van der Waals surface area (Å²) in [6.07, 6.45) is -1.64. The number of pyridine rings is 1. The number of nitrogens with zero attached hydrogens (tertiary/aromatic N) is 2. The SMILES string of the molecule is O=C(O)c1ccc(S(=O)(=O)N(CC2CCC2)c2ncc(C(F)(F)F)cc2Cl)cc1. The summed E-state index contributed by atoms with van der Waals surface area (Å²) in [5, 5.41) is 8.53. The van der Waals surface area contributed by atoms with E-state index in [1.54, 1.807) is 0 Å². The molecular formula is C18H16ClF3N2O4S. The molecule has 156 valence electrons. The van der Waals surface area contributed by atoms with E-state index in [2.05, 4.69) is 4.98 Å². The van der Waals surface area contributed by atoms with Crippen molar-refractivity contribution >= 4 is 33.4 Å². The Morgan fingerprint density at radius 1 is 1.24 bits per heavy atom. The van der Waals surface area contributed by atoms with Gasteiger partial charge < -0.3 is 5.11 Å². The molecule has 0 spiro atoms. The molecule has 1 aliphatic rings. The van der Waals surface area contributed by atoms with Crippen molar-refractivity contribution in [2.45, 2.75) is 30.3 Å². The van der Waals surface area contributed by atoms with Gasteiger partial charge in [0.2, 0.25) is 0 Å². The Kier molecular flexibility index (Phi) is 5.77. The third-order valence-electron chi connectivity index (χ3n) is 4.72. The van der Waals surface area contributed by atoms with Gasteiger partial charge in [-0.15, -0.1) is 0 Å². The first-order valence-electron chi connectivity index (χ1n) is 8.59. The van der Waals surface area contributed by atoms with Gasteiger partial charge >= 0.3 is 12.1 Å². The lowest BCUT2D eigenvalue weighted by atomic mass is 9.85. The van der Waals surface area contributed by atoms with Gasteiger partial charge in [0.25, 0.3) is 10.0 Å². The second-order valence-electron chi connectivity index (χ2n) is 6.69. The van der Waals surface area contributed by atoms with E-state index in [0.29, 0.717) is 12.3 Å². The van der Waals surface area contributed by atoms with Gasteiger partial charge in [0, 0.05) is 12.7 Å². The van der Waals surface area contributed by atoms with Crippen molar-refractivity contribution in [2.75, 3.05) is 10.8 Å². The maximum atomic E-state index is 13.2. The lowest BCUT2D eigenvalue weighted by Gasteiger charge is -2.33. The van der Waals surface area contributed by atoms with Crippen LogP contribution >= 0.6 is 11.6 Å². The van der Waals surface area contributed by atoms with Gasteiger partial charge in [-0.25, -0.2) is 22.5 Å². The first kappa shape index (κ1) is 21.4. The highest BCUT2D eigenvalue weighted by Crippen LogP contribution is 2.37. The van der Waals surface area contributed by atoms with Crippen molar-refractivity contribution in [3.05, 3.63) is 52.7 Å². The molecule has 1 fully saturated rings. The zero-order chi connectivity index (χ0) is 21.4. The minimum absolute atomic E-state index is 0.0150. The van der Waals surface area contributed by atoms with Crippen LogP contribution in [0.2, 0.25) is 5.02 Å². The quantitative estimate of drug-likeness (QED) is 0.705. The molecule has 1 N–H and O–H groups in total. The van der Waals surface area contributed by atoms with E-state index < -0.39 is 32.8 Å². The molecule has 3 rings (SSSR count). The fourth-order valence-corrected chi connectivity index (χ4v) is 4.71. The summed E-state index contributed by atoms with van der Waals surface area (Å²) in [5.41, 5.74) is -1.18. The van der Waals surface area contributed by atoms with Crippen molar-refractivity contribution < 1.29 is 31.5 Å². The monoisotopic (exact) mass is 448 g/mol. The minimum Gasteiger partial charge on any atom is -0.478 e. The number of rotatable bonds is 6. The molecule has 1 aliphatic carbocycles. The Morgan fingerprint density at radius 2 is 1.86 bits per heavy atom. The summed E-state index contributed by atoms with van der Waals surface area (Å²) in [6.45, 7) is 0.0150. The van der Waals surface area contributed by atoms with Gasteiger partial charge in [0.05, 0.1) is 21.0 Å². The van der Waals surface area contributed by atoms with E-state index in [9.17, 15) is 26.4 Å². The van der Waals surface area contributed by atoms with Crippen LogP contribution in [0.3, 0.4) is 0 Å². The first-order valence-corrected chi connectivity index (χ1v) is 10.4. The van der Waals surface area contributed by atoms with Crippen LogP contribution in [0.25, 0.3) is 0 Å². The summed E-state index contributed by atoms with van der Waals surface area (Å²) in [6, 6.07) is 5.17. The third kappa shape index (κ3) is 4.48. The zero-order valence-electron chi connectivity index (χ0n) is 14.9. The summed E-state index contributed by atoms with van der Waals surface area (Å²) in [7, 11) is -4.23. The summed E-state index contributed by atoms with van der Waals surface area (Å²) in [5.74, 6) is -1.48. The predicted octanol–water partition coefficient (Wildman–Crippen LogP) is 4.45. The van der Waals surface area contributed by atoms with Crippen molar-refractivity contribution in [3.63, 3.8) is 0 Å². The Morgan fingerprint density at radius 3 is 2.31 bits per heavy atom. The topological polar surface area (TPSA) is 87.6 Å². The first-order chi connectivity index (χ1) is 13.5. The molecule has 2 aromatic rings. The fourth-order valence-electron chi connectivity index (χ4n) is 2.87. The van der Waals surface area contributed by atoms with Gasteiger partial charge in [0.1, 0.15) is 0 Å². The molecule has 0 aliphatic heterocycles. The average Bonchev–Trinajstić information content (AvgIpc) is 2.60. The van der Waals surface area contributed by atoms with Gasteiger partial charge in [0.15, 0.2) is 5.82 Å². The molecule has 1 saturated carbocycles. The van der Waals surface area contributed by atoms with Crippen LogP contribution in [-0.2, 0) is 16.2 Å². The number of benzene rings is 1. The fraction of sp³-hybridized carbons (Fsp3) is 0.333. The maximum absolute atomic E-state index is 13.2. The zero-order valence-corrected chi connectivity index (χ0v) is 16.4. The van der Waals surface area contributed by atoms with Crippen LogP contribution in [0.5, 0.6) is 0 Å². The number of hydrogen-bond donors (Lipinski definition) is 1. The van der Waals surface area contributed by atoms with E-state index >= 15 is 0 Å². The van der Waals surface area contributed by atoms with Gasteiger partial charge in [-0.05, 0) is 49.1 Å². The largest absolute Gasteiger partial charge is 0.478 e. The normalized spacial score (nSPS) is 15.0. The van der Waals surface area contributed by atoms with Crippen LogP contribution in [0.1, 0.15) is 35.2 Å². The molecule has 6 nitrogen and oxygen atoms in total. The number of halogens is 4. The number of aromatic nitrogens is 1. The maximum Gasteiger partial charge on any atom is 0.417 e. The van der Waals surface area contributed by atoms with E-state index in [1.807, 2.05) is 0 Å². The predicted molar refractivity (Wildman–Crippen MR) is 99.5 cm³/mol.